The smallest absolute Gasteiger partial charge is 0.310 e. The van der Waals surface area contributed by atoms with Crippen LogP contribution in [0.2, 0.25) is 0 Å². The molecule has 0 aliphatic heterocycles. The molecule has 2 aromatic rings. The number of halogens is 2. The molecule has 5 nitrogen and oxygen atoms in total. The lowest BCUT2D eigenvalue weighted by molar-refractivity contribution is -0.384. The Morgan fingerprint density at radius 1 is 1.26 bits per heavy atom. The summed E-state index contributed by atoms with van der Waals surface area (Å²) in [4.78, 5) is 13.8. The van der Waals surface area contributed by atoms with Gasteiger partial charge in [0.1, 0.15) is 23.5 Å². The molecule has 1 aromatic heterocycles. The zero-order valence-corrected chi connectivity index (χ0v) is 9.64. The maximum atomic E-state index is 13.4. The van der Waals surface area contributed by atoms with Gasteiger partial charge in [0, 0.05) is 18.3 Å². The lowest BCUT2D eigenvalue weighted by atomic mass is 10.2. The second-order valence-electron chi connectivity index (χ2n) is 3.70. The Labute approximate surface area is 107 Å². The molecule has 0 aliphatic rings. The van der Waals surface area contributed by atoms with Gasteiger partial charge in [0.05, 0.1) is 4.92 Å². The molecule has 0 saturated heterocycles. The number of nitro groups is 1. The first-order chi connectivity index (χ1) is 9.09. The highest BCUT2D eigenvalue weighted by atomic mass is 19.1. The zero-order valence-electron chi connectivity index (χ0n) is 9.64. The first-order valence-corrected chi connectivity index (χ1v) is 5.34. The van der Waals surface area contributed by atoms with Crippen LogP contribution in [0.15, 0.2) is 36.7 Å². The van der Waals surface area contributed by atoms with Gasteiger partial charge in [-0.2, -0.15) is 0 Å². The molecular formula is C12H9F2N3O2. The Morgan fingerprint density at radius 2 is 1.95 bits per heavy atom. The number of hydrogen-bond acceptors (Lipinski definition) is 4. The predicted octanol–water partition coefficient (Wildman–Crippen LogP) is 2.88. The van der Waals surface area contributed by atoms with Gasteiger partial charge in [-0.3, -0.25) is 15.1 Å². The van der Waals surface area contributed by atoms with Crippen molar-refractivity contribution in [1.29, 1.82) is 0 Å². The summed E-state index contributed by atoms with van der Waals surface area (Å²) in [5.74, 6) is -1.41. The van der Waals surface area contributed by atoms with Crippen LogP contribution in [-0.4, -0.2) is 9.91 Å². The van der Waals surface area contributed by atoms with Crippen molar-refractivity contribution in [3.63, 3.8) is 0 Å². The fourth-order valence-electron chi connectivity index (χ4n) is 1.57. The van der Waals surface area contributed by atoms with Crippen LogP contribution in [0.1, 0.15) is 5.56 Å². The summed E-state index contributed by atoms with van der Waals surface area (Å²) in [6.07, 6.45) is 2.42. The second-order valence-corrected chi connectivity index (χ2v) is 3.70. The van der Waals surface area contributed by atoms with Crippen LogP contribution in [0.5, 0.6) is 0 Å². The summed E-state index contributed by atoms with van der Waals surface area (Å²) in [5, 5.41) is 13.4. The third-order valence-corrected chi connectivity index (χ3v) is 2.51. The zero-order chi connectivity index (χ0) is 13.8. The van der Waals surface area contributed by atoms with Crippen LogP contribution in [0.25, 0.3) is 0 Å². The van der Waals surface area contributed by atoms with Crippen molar-refractivity contribution in [1.82, 2.24) is 4.98 Å². The van der Waals surface area contributed by atoms with Gasteiger partial charge in [0.2, 0.25) is 0 Å². The second kappa shape index (κ2) is 5.38. The topological polar surface area (TPSA) is 68.1 Å². The highest BCUT2D eigenvalue weighted by molar-refractivity contribution is 5.59. The van der Waals surface area contributed by atoms with E-state index in [4.69, 9.17) is 0 Å². The van der Waals surface area contributed by atoms with Gasteiger partial charge in [-0.15, -0.1) is 0 Å². The van der Waals surface area contributed by atoms with Crippen molar-refractivity contribution in [2.75, 3.05) is 5.32 Å². The van der Waals surface area contributed by atoms with Crippen LogP contribution in [-0.2, 0) is 6.54 Å². The van der Waals surface area contributed by atoms with Crippen molar-refractivity contribution in [3.8, 4) is 0 Å². The number of rotatable bonds is 4. The summed E-state index contributed by atoms with van der Waals surface area (Å²) in [6, 6.07) is 4.88. The van der Waals surface area contributed by atoms with Gasteiger partial charge in [0.25, 0.3) is 0 Å². The van der Waals surface area contributed by atoms with Crippen molar-refractivity contribution < 1.29 is 13.7 Å². The van der Waals surface area contributed by atoms with Gasteiger partial charge >= 0.3 is 5.69 Å². The molecule has 1 aromatic carbocycles. The fourth-order valence-corrected chi connectivity index (χ4v) is 1.57. The largest absolute Gasteiger partial charge is 0.375 e. The molecule has 1 N–H and O–H groups in total. The summed E-state index contributed by atoms with van der Waals surface area (Å²) in [5.41, 5.74) is -0.268. The molecule has 0 spiro atoms. The Bertz CT molecular complexity index is 599. The molecule has 0 fully saturated rings. The summed E-state index contributed by atoms with van der Waals surface area (Å²) < 4.78 is 26.8. The van der Waals surface area contributed by atoms with E-state index in [1.54, 1.807) is 0 Å². The van der Waals surface area contributed by atoms with E-state index in [1.807, 2.05) is 0 Å². The molecule has 0 amide bonds. The number of aromatic nitrogens is 1. The lowest BCUT2D eigenvalue weighted by Crippen LogP contribution is -2.06. The monoisotopic (exact) mass is 265 g/mol. The molecule has 0 aliphatic carbocycles. The number of nitrogens with one attached hydrogen (secondary N) is 1. The molecule has 19 heavy (non-hydrogen) atoms. The predicted molar refractivity (Wildman–Crippen MR) is 64.6 cm³/mol. The Hall–Kier alpha value is -2.57. The van der Waals surface area contributed by atoms with Crippen molar-refractivity contribution >= 4 is 11.4 Å². The molecule has 0 bridgehead atoms. The molecule has 1 heterocycles. The summed E-state index contributed by atoms with van der Waals surface area (Å²) in [6.45, 7) is -0.191. The van der Waals surface area contributed by atoms with Gasteiger partial charge in [-0.1, -0.05) is 6.07 Å². The van der Waals surface area contributed by atoms with Crippen LogP contribution >= 0.6 is 0 Å². The molecule has 98 valence electrons. The van der Waals surface area contributed by atoms with Gasteiger partial charge < -0.3 is 5.32 Å². The third-order valence-electron chi connectivity index (χ3n) is 2.51. The molecule has 2 rings (SSSR count). The molecule has 7 heteroatoms. The maximum Gasteiger partial charge on any atom is 0.310 e. The van der Waals surface area contributed by atoms with Crippen molar-refractivity contribution in [2.45, 2.75) is 6.54 Å². The van der Waals surface area contributed by atoms with Crippen molar-refractivity contribution in [3.05, 3.63) is 64.0 Å². The van der Waals surface area contributed by atoms with E-state index in [-0.39, 0.29) is 23.5 Å². The molecule has 0 radical (unpaired) electrons. The van der Waals surface area contributed by atoms with E-state index >= 15 is 0 Å². The number of benzene rings is 1. The first kappa shape index (κ1) is 12.9. The van der Waals surface area contributed by atoms with Crippen LogP contribution in [0.3, 0.4) is 0 Å². The molecule has 0 atom stereocenters. The van der Waals surface area contributed by atoms with E-state index < -0.39 is 16.6 Å². The summed E-state index contributed by atoms with van der Waals surface area (Å²) in [7, 11) is 0. The lowest BCUT2D eigenvalue weighted by Gasteiger charge is -2.08. The normalized spacial score (nSPS) is 10.2. The van der Waals surface area contributed by atoms with Crippen molar-refractivity contribution in [2.24, 2.45) is 0 Å². The van der Waals surface area contributed by atoms with Gasteiger partial charge in [-0.25, -0.2) is 8.78 Å². The van der Waals surface area contributed by atoms with Gasteiger partial charge in [-0.05, 0) is 18.2 Å². The number of anilines is 1. The Balaban J connectivity index is 2.22. The van der Waals surface area contributed by atoms with E-state index in [1.165, 1.54) is 18.3 Å². The van der Waals surface area contributed by atoms with E-state index in [0.717, 1.165) is 18.3 Å². The Kier molecular flexibility index (Phi) is 3.65. The minimum Gasteiger partial charge on any atom is -0.375 e. The number of nitrogens with zero attached hydrogens (tertiary/aromatic N) is 2. The number of pyridine rings is 1. The molecule has 0 unspecified atom stereocenters. The Morgan fingerprint density at radius 3 is 2.58 bits per heavy atom. The van der Waals surface area contributed by atoms with E-state index in [0.29, 0.717) is 0 Å². The maximum absolute atomic E-state index is 13.4. The van der Waals surface area contributed by atoms with E-state index in [9.17, 15) is 18.9 Å². The van der Waals surface area contributed by atoms with Crippen LogP contribution < -0.4 is 5.32 Å². The highest BCUT2D eigenvalue weighted by Gasteiger charge is 2.14. The van der Waals surface area contributed by atoms with Gasteiger partial charge in [0.15, 0.2) is 0 Å². The van der Waals surface area contributed by atoms with Crippen LogP contribution in [0.4, 0.5) is 20.2 Å². The van der Waals surface area contributed by atoms with Crippen LogP contribution in [0, 0.1) is 21.7 Å². The standard InChI is InChI=1S/C12H9F2N3O2/c13-9-2-1-3-10(14)8(9)6-16-11-4-5-15-7-12(11)17(18)19/h1-5,7H,6H2,(H,15,16). The summed E-state index contributed by atoms with van der Waals surface area (Å²) >= 11 is 0. The SMILES string of the molecule is O=[N+]([O-])c1cnccc1NCc1c(F)cccc1F. The third kappa shape index (κ3) is 2.82. The number of hydrogen-bond donors (Lipinski definition) is 1. The minimum absolute atomic E-state index is 0.155. The van der Waals surface area contributed by atoms with E-state index in [2.05, 4.69) is 10.3 Å². The first-order valence-electron chi connectivity index (χ1n) is 5.34. The average Bonchev–Trinajstić information content (AvgIpc) is 2.38. The highest BCUT2D eigenvalue weighted by Crippen LogP contribution is 2.23. The fraction of sp³-hybridized carbons (Fsp3) is 0.0833. The quantitative estimate of drug-likeness (QED) is 0.681. The average molecular weight is 265 g/mol. The molecular weight excluding hydrogens is 256 g/mol. The molecule has 0 saturated carbocycles. The minimum atomic E-state index is -0.704.